The Morgan fingerprint density at radius 1 is 1.25 bits per heavy atom. The van der Waals surface area contributed by atoms with E-state index in [0.29, 0.717) is 22.0 Å². The Balaban J connectivity index is 2.07. The average Bonchev–Trinajstić information content (AvgIpc) is 2.46. The van der Waals surface area contributed by atoms with Crippen molar-refractivity contribution in [1.29, 1.82) is 0 Å². The molecular weight excluding hydrogens is 278 g/mol. The van der Waals surface area contributed by atoms with Crippen molar-refractivity contribution in [3.8, 4) is 5.75 Å². The summed E-state index contributed by atoms with van der Waals surface area (Å²) in [5.74, 6) is 0.0928. The summed E-state index contributed by atoms with van der Waals surface area (Å²) in [6.07, 6.45) is 0. The van der Waals surface area contributed by atoms with Gasteiger partial charge in [-0.15, -0.1) is 0 Å². The third kappa shape index (κ3) is 3.22. The second-order valence-corrected chi connectivity index (χ2v) is 4.53. The Hall–Kier alpha value is -2.20. The molecule has 0 spiro atoms. The van der Waals surface area contributed by atoms with Crippen molar-refractivity contribution in [3.63, 3.8) is 0 Å². The van der Waals surface area contributed by atoms with E-state index in [9.17, 15) is 4.79 Å². The monoisotopic (exact) mass is 291 g/mol. The second kappa shape index (κ2) is 6.30. The summed E-state index contributed by atoms with van der Waals surface area (Å²) < 4.78 is 10.2. The van der Waals surface area contributed by atoms with Crippen molar-refractivity contribution >= 4 is 23.3 Å². The van der Waals surface area contributed by atoms with Gasteiger partial charge in [-0.3, -0.25) is 0 Å². The van der Waals surface area contributed by atoms with Gasteiger partial charge in [-0.05, 0) is 18.2 Å². The highest BCUT2D eigenvalue weighted by molar-refractivity contribution is 6.31. The van der Waals surface area contributed by atoms with E-state index in [1.807, 2.05) is 12.1 Å². The number of anilines is 1. The van der Waals surface area contributed by atoms with Crippen LogP contribution in [0.15, 0.2) is 42.5 Å². The van der Waals surface area contributed by atoms with Crippen LogP contribution in [0.1, 0.15) is 15.9 Å². The molecule has 0 saturated carbocycles. The quantitative estimate of drug-likeness (QED) is 0.693. The fourth-order valence-electron chi connectivity index (χ4n) is 1.69. The number of rotatable bonds is 4. The Morgan fingerprint density at radius 3 is 2.65 bits per heavy atom. The molecule has 20 heavy (non-hydrogen) atoms. The molecular formula is C15H14ClNO3. The van der Waals surface area contributed by atoms with Gasteiger partial charge in [0.25, 0.3) is 0 Å². The van der Waals surface area contributed by atoms with E-state index < -0.39 is 5.97 Å². The largest absolute Gasteiger partial charge is 0.497 e. The topological polar surface area (TPSA) is 61.5 Å². The third-order valence-electron chi connectivity index (χ3n) is 2.80. The molecule has 2 aromatic rings. The Labute approximate surface area is 122 Å². The maximum atomic E-state index is 12.0. The van der Waals surface area contributed by atoms with Crippen LogP contribution in [0, 0.1) is 0 Å². The lowest BCUT2D eigenvalue weighted by atomic mass is 10.1. The van der Waals surface area contributed by atoms with Crippen molar-refractivity contribution in [1.82, 2.24) is 0 Å². The predicted molar refractivity (Wildman–Crippen MR) is 78.0 cm³/mol. The van der Waals surface area contributed by atoms with Crippen molar-refractivity contribution < 1.29 is 14.3 Å². The highest BCUT2D eigenvalue weighted by Gasteiger charge is 2.12. The van der Waals surface area contributed by atoms with Crippen LogP contribution >= 0.6 is 11.6 Å². The molecule has 0 aliphatic rings. The maximum Gasteiger partial charge on any atom is 0.340 e. The summed E-state index contributed by atoms with van der Waals surface area (Å²) in [4.78, 5) is 12.0. The molecule has 2 rings (SSSR count). The van der Waals surface area contributed by atoms with Gasteiger partial charge < -0.3 is 15.2 Å². The van der Waals surface area contributed by atoms with Crippen molar-refractivity contribution in [2.45, 2.75) is 6.61 Å². The molecule has 2 N–H and O–H groups in total. The normalized spacial score (nSPS) is 10.1. The minimum atomic E-state index is -0.495. The summed E-state index contributed by atoms with van der Waals surface area (Å²) in [7, 11) is 1.53. The lowest BCUT2D eigenvalue weighted by Gasteiger charge is -2.09. The summed E-state index contributed by atoms with van der Waals surface area (Å²) in [5, 5.41) is 0.558. The molecule has 0 bridgehead atoms. The minimum absolute atomic E-state index is 0.101. The SMILES string of the molecule is COc1ccc(C(=O)OCc2ccccc2Cl)c(N)c1. The van der Waals surface area contributed by atoms with Crippen molar-refractivity contribution in [2.75, 3.05) is 12.8 Å². The second-order valence-electron chi connectivity index (χ2n) is 4.12. The van der Waals surface area contributed by atoms with Crippen LogP contribution in [-0.4, -0.2) is 13.1 Å². The molecule has 0 heterocycles. The molecule has 0 saturated heterocycles. The molecule has 2 aromatic carbocycles. The standard InChI is InChI=1S/C15H14ClNO3/c1-19-11-6-7-12(14(17)8-11)15(18)20-9-10-4-2-3-5-13(10)16/h2-8H,9,17H2,1H3. The lowest BCUT2D eigenvalue weighted by molar-refractivity contribution is 0.0474. The molecule has 0 unspecified atom stereocenters. The molecule has 0 aliphatic carbocycles. The van der Waals surface area contributed by atoms with Crippen molar-refractivity contribution in [3.05, 3.63) is 58.6 Å². The minimum Gasteiger partial charge on any atom is -0.497 e. The van der Waals surface area contributed by atoms with Crippen molar-refractivity contribution in [2.24, 2.45) is 0 Å². The van der Waals surface area contributed by atoms with Gasteiger partial charge in [-0.1, -0.05) is 29.8 Å². The third-order valence-corrected chi connectivity index (χ3v) is 3.16. The van der Waals surface area contributed by atoms with Crippen LogP contribution in [0.2, 0.25) is 5.02 Å². The van der Waals surface area contributed by atoms with E-state index >= 15 is 0 Å². The molecule has 0 amide bonds. The number of hydrogen-bond donors (Lipinski definition) is 1. The molecule has 0 aliphatic heterocycles. The number of carbonyl (C=O) groups is 1. The van der Waals surface area contributed by atoms with Gasteiger partial charge in [-0.2, -0.15) is 0 Å². The van der Waals surface area contributed by atoms with Gasteiger partial charge >= 0.3 is 5.97 Å². The number of benzene rings is 2. The van der Waals surface area contributed by atoms with Gasteiger partial charge in [-0.25, -0.2) is 4.79 Å². The van der Waals surface area contributed by atoms with Gasteiger partial charge in [0, 0.05) is 22.3 Å². The zero-order valence-electron chi connectivity index (χ0n) is 10.9. The maximum absolute atomic E-state index is 12.0. The molecule has 5 heteroatoms. The molecule has 104 valence electrons. The summed E-state index contributed by atoms with van der Waals surface area (Å²) in [6.45, 7) is 0.101. The van der Waals surface area contributed by atoms with Gasteiger partial charge in [0.05, 0.1) is 12.7 Å². The highest BCUT2D eigenvalue weighted by atomic mass is 35.5. The summed E-state index contributed by atoms with van der Waals surface area (Å²) >= 11 is 5.99. The summed E-state index contributed by atoms with van der Waals surface area (Å²) in [5.41, 5.74) is 7.15. The number of nitrogen functional groups attached to an aromatic ring is 1. The fourth-order valence-corrected chi connectivity index (χ4v) is 1.88. The number of esters is 1. The van der Waals surface area contributed by atoms with Crippen LogP contribution in [0.3, 0.4) is 0 Å². The highest BCUT2D eigenvalue weighted by Crippen LogP contribution is 2.21. The smallest absolute Gasteiger partial charge is 0.340 e. The Bertz CT molecular complexity index is 628. The van der Waals surface area contributed by atoms with E-state index in [0.717, 1.165) is 5.56 Å². The van der Waals surface area contributed by atoms with Gasteiger partial charge in [0.2, 0.25) is 0 Å². The van der Waals surface area contributed by atoms with E-state index in [-0.39, 0.29) is 6.61 Å². The molecule has 4 nitrogen and oxygen atoms in total. The van der Waals surface area contributed by atoms with Gasteiger partial charge in [0.1, 0.15) is 12.4 Å². The molecule has 0 radical (unpaired) electrons. The van der Waals surface area contributed by atoms with Crippen LogP contribution in [0.25, 0.3) is 0 Å². The molecule has 0 atom stereocenters. The summed E-state index contributed by atoms with van der Waals surface area (Å²) in [6, 6.07) is 12.0. The van der Waals surface area contributed by atoms with E-state index in [1.165, 1.54) is 7.11 Å². The van der Waals surface area contributed by atoms with Crippen LogP contribution < -0.4 is 10.5 Å². The number of carbonyl (C=O) groups excluding carboxylic acids is 1. The van der Waals surface area contributed by atoms with Crippen LogP contribution in [-0.2, 0) is 11.3 Å². The number of nitrogens with two attached hydrogens (primary N) is 1. The fraction of sp³-hybridized carbons (Fsp3) is 0.133. The first-order valence-electron chi connectivity index (χ1n) is 5.96. The lowest BCUT2D eigenvalue weighted by Crippen LogP contribution is -2.08. The number of methoxy groups -OCH3 is 1. The first-order chi connectivity index (χ1) is 9.61. The molecule has 0 fully saturated rings. The van der Waals surface area contributed by atoms with E-state index in [1.54, 1.807) is 30.3 Å². The number of ether oxygens (including phenoxy) is 2. The zero-order chi connectivity index (χ0) is 14.5. The predicted octanol–water partition coefficient (Wildman–Crippen LogP) is 3.29. The number of hydrogen-bond acceptors (Lipinski definition) is 4. The van der Waals surface area contributed by atoms with E-state index in [2.05, 4.69) is 0 Å². The first kappa shape index (κ1) is 14.2. The number of halogens is 1. The molecule has 0 aromatic heterocycles. The Kier molecular flexibility index (Phi) is 4.48. The Morgan fingerprint density at radius 2 is 2.00 bits per heavy atom. The van der Waals surface area contributed by atoms with E-state index in [4.69, 9.17) is 26.8 Å². The zero-order valence-corrected chi connectivity index (χ0v) is 11.7. The van der Waals surface area contributed by atoms with Gasteiger partial charge in [0.15, 0.2) is 0 Å². The van der Waals surface area contributed by atoms with Crippen LogP contribution in [0.4, 0.5) is 5.69 Å². The van der Waals surface area contributed by atoms with Crippen LogP contribution in [0.5, 0.6) is 5.75 Å². The average molecular weight is 292 g/mol. The first-order valence-corrected chi connectivity index (χ1v) is 6.33.